The van der Waals surface area contributed by atoms with Crippen LogP contribution >= 0.6 is 0 Å². The molecule has 0 amide bonds. The minimum absolute atomic E-state index is 0.458. The Morgan fingerprint density at radius 1 is 1.26 bits per heavy atom. The molecule has 3 aromatic heterocycles. The normalized spacial score (nSPS) is 23.6. The maximum atomic E-state index is 4.66. The van der Waals surface area contributed by atoms with E-state index in [2.05, 4.69) is 48.4 Å². The van der Waals surface area contributed by atoms with Gasteiger partial charge in [-0.05, 0) is 19.8 Å². The number of hydrogen-bond acceptors (Lipinski definition) is 4. The van der Waals surface area contributed by atoms with Crippen LogP contribution in [0.3, 0.4) is 0 Å². The van der Waals surface area contributed by atoms with Crippen molar-refractivity contribution in [1.29, 1.82) is 0 Å². The van der Waals surface area contributed by atoms with E-state index < -0.39 is 0 Å². The zero-order valence-electron chi connectivity index (χ0n) is 13.5. The maximum absolute atomic E-state index is 4.66. The highest BCUT2D eigenvalue weighted by molar-refractivity contribution is 5.44. The van der Waals surface area contributed by atoms with Crippen molar-refractivity contribution in [3.05, 3.63) is 47.4 Å². The third-order valence-corrected chi connectivity index (χ3v) is 5.43. The summed E-state index contributed by atoms with van der Waals surface area (Å²) in [5.74, 6) is 0. The van der Waals surface area contributed by atoms with E-state index in [4.69, 9.17) is 0 Å². The molecular weight excluding hydrogens is 288 g/mol. The largest absolute Gasteiger partial charge is 0.337 e. The summed E-state index contributed by atoms with van der Waals surface area (Å²) >= 11 is 0. The summed E-state index contributed by atoms with van der Waals surface area (Å²) < 4.78 is 4.19. The Balaban J connectivity index is 1.57. The number of aromatic nitrogens is 5. The zero-order valence-corrected chi connectivity index (χ0v) is 13.5. The second-order valence-corrected chi connectivity index (χ2v) is 6.84. The highest BCUT2D eigenvalue weighted by Crippen LogP contribution is 2.44. The molecule has 2 unspecified atom stereocenters. The predicted molar refractivity (Wildman–Crippen MR) is 85.9 cm³/mol. The fourth-order valence-electron chi connectivity index (χ4n) is 4.27. The summed E-state index contributed by atoms with van der Waals surface area (Å²) in [6.07, 6.45) is 9.46. The summed E-state index contributed by atoms with van der Waals surface area (Å²) in [4.78, 5) is 11.5. The van der Waals surface area contributed by atoms with Gasteiger partial charge in [0.1, 0.15) is 0 Å². The number of nitrogens with zero attached hydrogens (tertiary/aromatic N) is 6. The molecule has 3 aromatic rings. The predicted octanol–water partition coefficient (Wildman–Crippen LogP) is 2.03. The first-order valence-electron chi connectivity index (χ1n) is 8.26. The lowest BCUT2D eigenvalue weighted by molar-refractivity contribution is 0.161. The molecule has 0 radical (unpaired) electrons. The molecule has 118 valence electrons. The van der Waals surface area contributed by atoms with Crippen molar-refractivity contribution in [3.63, 3.8) is 0 Å². The van der Waals surface area contributed by atoms with Gasteiger partial charge in [0.05, 0.1) is 23.4 Å². The van der Waals surface area contributed by atoms with E-state index in [1.54, 1.807) is 0 Å². The van der Waals surface area contributed by atoms with Crippen LogP contribution in [0.15, 0.2) is 24.8 Å². The van der Waals surface area contributed by atoms with Crippen molar-refractivity contribution in [1.82, 2.24) is 29.0 Å². The molecule has 0 spiro atoms. The molecule has 0 aliphatic carbocycles. The standard InChI is InChI=1S/C17H20N6/c1-11-5-17-19-8-14-15-4-3-12(6-16(14)23(17)20-11)22(15)9-13-7-18-10-21(13)2/h5,7-8,10,12,15H,3-4,6,9H2,1-2H3. The summed E-state index contributed by atoms with van der Waals surface area (Å²) in [6.45, 7) is 2.99. The van der Waals surface area contributed by atoms with Crippen molar-refractivity contribution in [2.45, 2.75) is 44.8 Å². The number of rotatable bonds is 2. The zero-order chi connectivity index (χ0) is 15.6. The molecule has 2 aliphatic heterocycles. The van der Waals surface area contributed by atoms with E-state index in [1.165, 1.54) is 29.8 Å². The van der Waals surface area contributed by atoms with Gasteiger partial charge in [0, 0.05) is 56.1 Å². The van der Waals surface area contributed by atoms with Crippen LogP contribution in [0.2, 0.25) is 0 Å². The maximum Gasteiger partial charge on any atom is 0.155 e. The second kappa shape index (κ2) is 4.64. The minimum atomic E-state index is 0.458. The van der Waals surface area contributed by atoms with Gasteiger partial charge >= 0.3 is 0 Å². The van der Waals surface area contributed by atoms with Gasteiger partial charge in [0.25, 0.3) is 0 Å². The van der Waals surface area contributed by atoms with Crippen LogP contribution in [0.1, 0.15) is 41.5 Å². The Labute approximate surface area is 134 Å². The van der Waals surface area contributed by atoms with E-state index in [0.29, 0.717) is 12.1 Å². The highest BCUT2D eigenvalue weighted by atomic mass is 15.3. The van der Waals surface area contributed by atoms with E-state index in [1.807, 2.05) is 19.4 Å². The first-order valence-corrected chi connectivity index (χ1v) is 8.26. The monoisotopic (exact) mass is 308 g/mol. The molecule has 0 saturated carbocycles. The summed E-state index contributed by atoms with van der Waals surface area (Å²) in [5.41, 5.74) is 6.00. The average Bonchev–Trinajstić information content (AvgIpc) is 3.18. The van der Waals surface area contributed by atoms with Gasteiger partial charge in [-0.2, -0.15) is 5.10 Å². The molecule has 5 heterocycles. The SMILES string of the molecule is Cc1cc2ncc3c(n2n1)CC1CCC3N1Cc1cncn1C. The first kappa shape index (κ1) is 13.2. The summed E-state index contributed by atoms with van der Waals surface area (Å²) in [7, 11) is 2.07. The number of fused-ring (bicyclic) bond motifs is 6. The van der Waals surface area contributed by atoms with Crippen LogP contribution in [0.5, 0.6) is 0 Å². The number of aryl methyl sites for hydroxylation is 2. The molecule has 6 heteroatoms. The van der Waals surface area contributed by atoms with E-state index in [9.17, 15) is 0 Å². The third-order valence-electron chi connectivity index (χ3n) is 5.43. The van der Waals surface area contributed by atoms with Crippen molar-refractivity contribution in [3.8, 4) is 0 Å². The second-order valence-electron chi connectivity index (χ2n) is 6.84. The molecule has 5 rings (SSSR count). The molecular formula is C17H20N6. The Kier molecular flexibility index (Phi) is 2.68. The van der Waals surface area contributed by atoms with Crippen molar-refractivity contribution in [2.24, 2.45) is 7.05 Å². The Morgan fingerprint density at radius 2 is 2.17 bits per heavy atom. The molecule has 2 atom stereocenters. The Hall–Kier alpha value is -2.21. The van der Waals surface area contributed by atoms with Crippen LogP contribution in [0.25, 0.3) is 5.65 Å². The molecule has 1 saturated heterocycles. The van der Waals surface area contributed by atoms with Crippen LogP contribution < -0.4 is 0 Å². The van der Waals surface area contributed by atoms with Crippen molar-refractivity contribution < 1.29 is 0 Å². The highest BCUT2D eigenvalue weighted by Gasteiger charge is 2.41. The number of hydrogen-bond donors (Lipinski definition) is 0. The fraction of sp³-hybridized carbons (Fsp3) is 0.471. The molecule has 6 nitrogen and oxygen atoms in total. The Morgan fingerprint density at radius 3 is 3.00 bits per heavy atom. The molecule has 2 bridgehead atoms. The van der Waals surface area contributed by atoms with Crippen LogP contribution in [-0.2, 0) is 20.0 Å². The van der Waals surface area contributed by atoms with Crippen molar-refractivity contribution in [2.75, 3.05) is 0 Å². The molecule has 23 heavy (non-hydrogen) atoms. The lowest BCUT2D eigenvalue weighted by Gasteiger charge is -2.36. The lowest BCUT2D eigenvalue weighted by atomic mass is 9.99. The quantitative estimate of drug-likeness (QED) is 0.727. The van der Waals surface area contributed by atoms with Gasteiger partial charge in [-0.15, -0.1) is 0 Å². The third kappa shape index (κ3) is 1.88. The molecule has 0 N–H and O–H groups in total. The van der Waals surface area contributed by atoms with Gasteiger partial charge < -0.3 is 4.57 Å². The summed E-state index contributed by atoms with van der Waals surface area (Å²) in [6, 6.07) is 3.11. The van der Waals surface area contributed by atoms with Crippen LogP contribution in [0, 0.1) is 6.92 Å². The topological polar surface area (TPSA) is 51.2 Å². The van der Waals surface area contributed by atoms with E-state index in [0.717, 1.165) is 24.3 Å². The molecule has 1 fully saturated rings. The Bertz CT molecular complexity index is 892. The lowest BCUT2D eigenvalue weighted by Crippen LogP contribution is -2.38. The van der Waals surface area contributed by atoms with E-state index >= 15 is 0 Å². The number of imidazole rings is 1. The van der Waals surface area contributed by atoms with Gasteiger partial charge in [0.2, 0.25) is 0 Å². The fourth-order valence-corrected chi connectivity index (χ4v) is 4.27. The van der Waals surface area contributed by atoms with Crippen LogP contribution in [0.4, 0.5) is 0 Å². The van der Waals surface area contributed by atoms with Crippen LogP contribution in [-0.4, -0.2) is 35.1 Å². The molecule has 2 aliphatic rings. The van der Waals surface area contributed by atoms with Gasteiger partial charge in [-0.25, -0.2) is 14.5 Å². The van der Waals surface area contributed by atoms with E-state index in [-0.39, 0.29) is 0 Å². The van der Waals surface area contributed by atoms with Crippen molar-refractivity contribution >= 4 is 5.65 Å². The minimum Gasteiger partial charge on any atom is -0.337 e. The van der Waals surface area contributed by atoms with Gasteiger partial charge in [-0.1, -0.05) is 0 Å². The first-order chi connectivity index (χ1) is 11.2. The smallest absolute Gasteiger partial charge is 0.155 e. The van der Waals surface area contributed by atoms with Gasteiger partial charge in [-0.3, -0.25) is 4.90 Å². The summed E-state index contributed by atoms with van der Waals surface area (Å²) in [5, 5.41) is 4.66. The average molecular weight is 308 g/mol. The molecule has 0 aromatic carbocycles. The van der Waals surface area contributed by atoms with Gasteiger partial charge in [0.15, 0.2) is 5.65 Å².